The van der Waals surface area contributed by atoms with Gasteiger partial charge >= 0.3 is 6.03 Å². The Kier molecular flexibility index (Phi) is 6.32. The minimum Gasteiger partial charge on any atom is -0.369 e. The Balaban J connectivity index is 1.74. The third kappa shape index (κ3) is 4.78. The average molecular weight is 387 g/mol. The van der Waals surface area contributed by atoms with Crippen LogP contribution in [0.4, 0.5) is 10.5 Å². The number of anilines is 1. The fourth-order valence-electron chi connectivity index (χ4n) is 3.32. The van der Waals surface area contributed by atoms with Crippen LogP contribution in [-0.2, 0) is 4.79 Å². The van der Waals surface area contributed by atoms with Crippen LogP contribution in [0.1, 0.15) is 11.6 Å². The van der Waals surface area contributed by atoms with Gasteiger partial charge in [-0.05, 0) is 23.8 Å². The number of piperazine rings is 1. The monoisotopic (exact) mass is 386 g/mol. The van der Waals surface area contributed by atoms with Gasteiger partial charge in [0, 0.05) is 43.9 Å². The predicted molar refractivity (Wildman–Crippen MR) is 107 cm³/mol. The Morgan fingerprint density at radius 3 is 2.33 bits per heavy atom. The lowest BCUT2D eigenvalue weighted by Crippen LogP contribution is -2.52. The van der Waals surface area contributed by atoms with Crippen LogP contribution in [0, 0.1) is 0 Å². The molecule has 1 saturated heterocycles. The first-order valence-electron chi connectivity index (χ1n) is 8.90. The van der Waals surface area contributed by atoms with E-state index in [0.717, 1.165) is 24.3 Å². The molecule has 3 rings (SSSR count). The minimum absolute atomic E-state index is 0.322. The molecule has 0 aliphatic carbocycles. The molecule has 0 bridgehead atoms. The van der Waals surface area contributed by atoms with Crippen molar-refractivity contribution in [3.05, 3.63) is 65.2 Å². The zero-order valence-corrected chi connectivity index (χ0v) is 15.9. The Morgan fingerprint density at radius 1 is 1.00 bits per heavy atom. The fraction of sp³-hybridized carbons (Fsp3) is 0.300. The molecule has 1 aliphatic heterocycles. The largest absolute Gasteiger partial charge is 0.369 e. The zero-order valence-electron chi connectivity index (χ0n) is 15.2. The number of halogens is 1. The molecule has 142 valence electrons. The van der Waals surface area contributed by atoms with Gasteiger partial charge in [0.25, 0.3) is 0 Å². The van der Waals surface area contributed by atoms with Crippen molar-refractivity contribution in [1.82, 2.24) is 15.5 Å². The molecule has 1 aliphatic rings. The van der Waals surface area contributed by atoms with Gasteiger partial charge in [-0.15, -0.1) is 0 Å². The van der Waals surface area contributed by atoms with E-state index in [9.17, 15) is 9.59 Å². The summed E-state index contributed by atoms with van der Waals surface area (Å²) in [4.78, 5) is 28.7. The van der Waals surface area contributed by atoms with Gasteiger partial charge in [-0.3, -0.25) is 15.0 Å². The summed E-state index contributed by atoms with van der Waals surface area (Å²) < 4.78 is 0. The van der Waals surface area contributed by atoms with Crippen molar-refractivity contribution in [3.63, 3.8) is 0 Å². The van der Waals surface area contributed by atoms with Gasteiger partial charge in [0.2, 0.25) is 5.91 Å². The number of rotatable bonds is 4. The first-order valence-corrected chi connectivity index (χ1v) is 9.28. The molecule has 2 aromatic carbocycles. The van der Waals surface area contributed by atoms with Gasteiger partial charge in [0.1, 0.15) is 6.04 Å². The number of amides is 3. The molecule has 1 atom stereocenters. The quantitative estimate of drug-likeness (QED) is 0.847. The molecule has 7 heteroatoms. The van der Waals surface area contributed by atoms with Crippen LogP contribution in [0.2, 0.25) is 5.02 Å². The second-order valence-electron chi connectivity index (χ2n) is 6.38. The first-order chi connectivity index (χ1) is 13.1. The number of carbonyl (C=O) groups is 2. The molecule has 3 amide bonds. The zero-order chi connectivity index (χ0) is 19.2. The molecule has 0 radical (unpaired) electrons. The highest BCUT2D eigenvalue weighted by Gasteiger charge is 2.31. The van der Waals surface area contributed by atoms with Crippen LogP contribution in [0.5, 0.6) is 0 Å². The van der Waals surface area contributed by atoms with Crippen LogP contribution in [-0.4, -0.2) is 50.1 Å². The predicted octanol–water partition coefficient (Wildman–Crippen LogP) is 2.66. The van der Waals surface area contributed by atoms with Crippen LogP contribution in [0.3, 0.4) is 0 Å². The summed E-state index contributed by atoms with van der Waals surface area (Å²) in [5.41, 5.74) is 1.95. The van der Waals surface area contributed by atoms with E-state index in [4.69, 9.17) is 11.6 Å². The maximum absolute atomic E-state index is 12.8. The van der Waals surface area contributed by atoms with Crippen molar-refractivity contribution in [1.29, 1.82) is 0 Å². The summed E-state index contributed by atoms with van der Waals surface area (Å²) in [6.45, 7) is 2.95. The van der Waals surface area contributed by atoms with Gasteiger partial charge in [-0.2, -0.15) is 0 Å². The number of carbonyl (C=O) groups excluding carboxylic acids is 2. The molecule has 1 fully saturated rings. The molecule has 6 nitrogen and oxygen atoms in total. The van der Waals surface area contributed by atoms with Crippen LogP contribution in [0.25, 0.3) is 0 Å². The Hall–Kier alpha value is -2.57. The normalized spacial score (nSPS) is 15.9. The van der Waals surface area contributed by atoms with Crippen LogP contribution < -0.4 is 15.5 Å². The molecule has 2 aromatic rings. The molecule has 0 aromatic heterocycles. The van der Waals surface area contributed by atoms with Gasteiger partial charge in [0.15, 0.2) is 0 Å². The summed E-state index contributed by atoms with van der Waals surface area (Å²) >= 11 is 6.10. The molecule has 2 N–H and O–H groups in total. The van der Waals surface area contributed by atoms with E-state index >= 15 is 0 Å². The maximum Gasteiger partial charge on any atom is 0.321 e. The third-order valence-corrected chi connectivity index (χ3v) is 4.92. The number of nitrogens with one attached hydrogen (secondary N) is 2. The lowest BCUT2D eigenvalue weighted by molar-refractivity contribution is -0.125. The van der Waals surface area contributed by atoms with Crippen molar-refractivity contribution in [2.75, 3.05) is 38.1 Å². The first kappa shape index (κ1) is 19.2. The molecule has 0 spiro atoms. The van der Waals surface area contributed by atoms with Gasteiger partial charge < -0.3 is 10.2 Å². The molecular formula is C20H23ClN4O2. The van der Waals surface area contributed by atoms with E-state index in [2.05, 4.69) is 20.4 Å². The molecule has 1 heterocycles. The van der Waals surface area contributed by atoms with Crippen molar-refractivity contribution < 1.29 is 9.59 Å². The van der Waals surface area contributed by atoms with E-state index in [1.54, 1.807) is 0 Å². The third-order valence-electron chi connectivity index (χ3n) is 4.68. The second-order valence-corrected chi connectivity index (χ2v) is 6.82. The van der Waals surface area contributed by atoms with Crippen molar-refractivity contribution in [2.24, 2.45) is 0 Å². The van der Waals surface area contributed by atoms with Crippen molar-refractivity contribution in [3.8, 4) is 0 Å². The lowest BCUT2D eigenvalue weighted by atomic mass is 10.0. The molecule has 0 saturated carbocycles. The average Bonchev–Trinajstić information content (AvgIpc) is 2.69. The highest BCUT2D eigenvalue weighted by molar-refractivity contribution is 6.30. The van der Waals surface area contributed by atoms with Crippen molar-refractivity contribution >= 4 is 29.2 Å². The summed E-state index contributed by atoms with van der Waals surface area (Å²) in [5.74, 6) is -0.322. The molecular weight excluding hydrogens is 364 g/mol. The Labute approximate surface area is 164 Å². The lowest BCUT2D eigenvalue weighted by Gasteiger charge is -2.39. The summed E-state index contributed by atoms with van der Waals surface area (Å²) in [6.07, 6.45) is 0. The highest BCUT2D eigenvalue weighted by atomic mass is 35.5. The number of benzene rings is 2. The van der Waals surface area contributed by atoms with Gasteiger partial charge in [-0.1, -0.05) is 48.0 Å². The second kappa shape index (κ2) is 8.88. The maximum atomic E-state index is 12.8. The Bertz CT molecular complexity index is 792. The summed E-state index contributed by atoms with van der Waals surface area (Å²) in [7, 11) is 1.49. The smallest absolute Gasteiger partial charge is 0.321 e. The van der Waals surface area contributed by atoms with E-state index in [-0.39, 0.29) is 5.91 Å². The minimum atomic E-state index is -0.509. The molecule has 0 unspecified atom stereocenters. The van der Waals surface area contributed by atoms with E-state index in [0.29, 0.717) is 18.1 Å². The number of hydrogen-bond acceptors (Lipinski definition) is 4. The van der Waals surface area contributed by atoms with Crippen LogP contribution >= 0.6 is 11.6 Å². The number of hydrogen-bond donors (Lipinski definition) is 2. The van der Waals surface area contributed by atoms with E-state index in [1.165, 1.54) is 7.05 Å². The summed E-state index contributed by atoms with van der Waals surface area (Å²) in [5, 5.41) is 5.55. The topological polar surface area (TPSA) is 64.7 Å². The fourth-order valence-corrected chi connectivity index (χ4v) is 3.50. The number of urea groups is 1. The Morgan fingerprint density at radius 2 is 1.70 bits per heavy atom. The SMILES string of the molecule is CNC(=O)NC(=O)[C@H](c1ccccc1)N1CCN(c2cccc(Cl)c2)CC1. The standard InChI is InChI=1S/C20H23ClN4O2/c1-22-20(27)23-19(26)18(15-6-3-2-4-7-15)25-12-10-24(11-13-25)17-9-5-8-16(21)14-17/h2-9,14,18H,10-13H2,1H3,(H2,22,23,26,27)/t18-/m0/s1. The van der Waals surface area contributed by atoms with E-state index < -0.39 is 12.1 Å². The van der Waals surface area contributed by atoms with Crippen molar-refractivity contribution in [2.45, 2.75) is 6.04 Å². The van der Waals surface area contributed by atoms with Gasteiger partial charge in [-0.25, -0.2) is 4.79 Å². The number of nitrogens with zero attached hydrogens (tertiary/aromatic N) is 2. The number of imide groups is 1. The van der Waals surface area contributed by atoms with Gasteiger partial charge in [0.05, 0.1) is 0 Å². The summed E-state index contributed by atoms with van der Waals surface area (Å²) in [6, 6.07) is 16.3. The van der Waals surface area contributed by atoms with E-state index in [1.807, 2.05) is 54.6 Å². The molecule has 27 heavy (non-hydrogen) atoms. The van der Waals surface area contributed by atoms with Crippen LogP contribution in [0.15, 0.2) is 54.6 Å². The highest BCUT2D eigenvalue weighted by Crippen LogP contribution is 2.25.